The van der Waals surface area contributed by atoms with Crippen molar-refractivity contribution >= 4 is 23.4 Å². The summed E-state index contributed by atoms with van der Waals surface area (Å²) in [4.78, 5) is 28.6. The average Bonchev–Trinajstić information content (AvgIpc) is 2.65. The number of amides is 2. The summed E-state index contributed by atoms with van der Waals surface area (Å²) in [5.41, 5.74) is 6.60. The summed E-state index contributed by atoms with van der Waals surface area (Å²) in [5, 5.41) is 2.95. The minimum atomic E-state index is -0.912. The molecule has 1 unspecified atom stereocenters. The maximum atomic E-state index is 13.7. The lowest BCUT2D eigenvalue weighted by Gasteiger charge is -2.71. The molecule has 0 saturated heterocycles. The second kappa shape index (κ2) is 7.67. The van der Waals surface area contributed by atoms with Gasteiger partial charge in [0.25, 0.3) is 11.8 Å². The maximum Gasteiger partial charge on any atom is 0.259 e. The van der Waals surface area contributed by atoms with Crippen molar-refractivity contribution in [3.63, 3.8) is 0 Å². The Labute approximate surface area is 184 Å². The number of carbonyl (C=O) groups excluding carboxylic acids is 2. The molecule has 164 valence electrons. The number of nitrogens with one attached hydrogen (secondary N) is 1. The van der Waals surface area contributed by atoms with E-state index in [1.165, 1.54) is 12.1 Å². The Bertz CT molecular complexity index is 1040. The van der Waals surface area contributed by atoms with Crippen LogP contribution in [-0.4, -0.2) is 35.0 Å². The number of aryl methyl sites for hydroxylation is 2. The molecule has 3 N–H and O–H groups in total. The summed E-state index contributed by atoms with van der Waals surface area (Å²) in [6.45, 7) is 3.70. The number of hydrogen-bond donors (Lipinski definition) is 2. The van der Waals surface area contributed by atoms with Gasteiger partial charge in [0.15, 0.2) is 12.7 Å². The highest BCUT2D eigenvalue weighted by atomic mass is 35.5. The molecule has 1 atom stereocenters. The number of nitrogens with zero attached hydrogens (tertiary/aromatic N) is 1. The number of ether oxygens (including phenoxy) is 2. The molecule has 3 saturated carbocycles. The molecule has 7 nitrogen and oxygen atoms in total. The lowest BCUT2D eigenvalue weighted by atomic mass is 9.37. The standard InChI is InChI=1S/C22H23ClFN3O4/c1-12-5-15(7-26-13(12)2)30-8-18(28)27-22-9-21(10-22,11-22)19(20(25)29)31-14-3-4-16(23)17(24)6-14/h3-7,19H,8-11H2,1-2H3,(H2,25,29)(H,27,28). The second-order valence-electron chi connectivity index (χ2n) is 8.56. The average molecular weight is 448 g/mol. The predicted octanol–water partition coefficient (Wildman–Crippen LogP) is 2.84. The van der Waals surface area contributed by atoms with Crippen LogP contribution in [0.3, 0.4) is 0 Å². The van der Waals surface area contributed by atoms with E-state index in [0.717, 1.165) is 17.3 Å². The zero-order valence-corrected chi connectivity index (χ0v) is 18.0. The topological polar surface area (TPSA) is 104 Å². The molecule has 1 aromatic carbocycles. The van der Waals surface area contributed by atoms with Gasteiger partial charge in [-0.3, -0.25) is 14.6 Å². The molecular weight excluding hydrogens is 425 g/mol. The summed E-state index contributed by atoms with van der Waals surface area (Å²) in [6.07, 6.45) is 2.34. The molecule has 9 heteroatoms. The van der Waals surface area contributed by atoms with Crippen molar-refractivity contribution < 1.29 is 23.5 Å². The molecular formula is C22H23ClFN3O4. The number of halogens is 2. The van der Waals surface area contributed by atoms with E-state index in [1.807, 2.05) is 19.9 Å². The fourth-order valence-electron chi connectivity index (χ4n) is 4.63. The minimum Gasteiger partial charge on any atom is -0.482 e. The van der Waals surface area contributed by atoms with Gasteiger partial charge in [-0.15, -0.1) is 0 Å². The molecule has 0 spiro atoms. The van der Waals surface area contributed by atoms with Crippen LogP contribution in [0.4, 0.5) is 4.39 Å². The number of benzene rings is 1. The molecule has 3 fully saturated rings. The van der Waals surface area contributed by atoms with Gasteiger partial charge in [-0.1, -0.05) is 11.6 Å². The van der Waals surface area contributed by atoms with Crippen LogP contribution in [0.25, 0.3) is 0 Å². The van der Waals surface area contributed by atoms with Crippen LogP contribution in [0.1, 0.15) is 30.5 Å². The van der Waals surface area contributed by atoms with Crippen LogP contribution < -0.4 is 20.5 Å². The molecule has 2 aromatic rings. The van der Waals surface area contributed by atoms with Gasteiger partial charge in [0, 0.05) is 22.7 Å². The normalized spacial score (nSPS) is 24.4. The largest absolute Gasteiger partial charge is 0.482 e. The molecule has 3 aliphatic rings. The van der Waals surface area contributed by atoms with E-state index in [-0.39, 0.29) is 28.8 Å². The van der Waals surface area contributed by atoms with Gasteiger partial charge in [0.1, 0.15) is 17.3 Å². The Hall–Kier alpha value is -2.87. The number of nitrogens with two attached hydrogens (primary N) is 1. The first kappa shape index (κ1) is 21.4. The van der Waals surface area contributed by atoms with E-state index >= 15 is 0 Å². The molecule has 0 radical (unpaired) electrons. The van der Waals surface area contributed by atoms with Crippen LogP contribution >= 0.6 is 11.6 Å². The van der Waals surface area contributed by atoms with Crippen molar-refractivity contribution in [3.05, 3.63) is 52.6 Å². The van der Waals surface area contributed by atoms with Crippen molar-refractivity contribution in [2.24, 2.45) is 11.1 Å². The Morgan fingerprint density at radius 2 is 1.97 bits per heavy atom. The predicted molar refractivity (Wildman–Crippen MR) is 111 cm³/mol. The zero-order valence-electron chi connectivity index (χ0n) is 17.2. The van der Waals surface area contributed by atoms with Crippen LogP contribution in [0.2, 0.25) is 5.02 Å². The quantitative estimate of drug-likeness (QED) is 0.647. The van der Waals surface area contributed by atoms with Crippen LogP contribution in [0.5, 0.6) is 11.5 Å². The molecule has 0 aliphatic heterocycles. The number of aromatic nitrogens is 1. The lowest BCUT2D eigenvalue weighted by Crippen LogP contribution is -2.80. The van der Waals surface area contributed by atoms with Gasteiger partial charge >= 0.3 is 0 Å². The first-order valence-electron chi connectivity index (χ1n) is 9.90. The van der Waals surface area contributed by atoms with Gasteiger partial charge < -0.3 is 20.5 Å². The van der Waals surface area contributed by atoms with E-state index in [2.05, 4.69) is 10.3 Å². The van der Waals surface area contributed by atoms with E-state index in [1.54, 1.807) is 6.20 Å². The zero-order chi connectivity index (χ0) is 22.4. The fourth-order valence-corrected chi connectivity index (χ4v) is 4.74. The Morgan fingerprint density at radius 1 is 1.26 bits per heavy atom. The molecule has 1 aromatic heterocycles. The Balaban J connectivity index is 1.32. The van der Waals surface area contributed by atoms with Crippen molar-refractivity contribution in [2.75, 3.05) is 6.61 Å². The van der Waals surface area contributed by atoms with E-state index in [9.17, 15) is 14.0 Å². The summed E-state index contributed by atoms with van der Waals surface area (Å²) in [5.74, 6) is -0.792. The molecule has 31 heavy (non-hydrogen) atoms. The number of hydrogen-bond acceptors (Lipinski definition) is 5. The highest BCUT2D eigenvalue weighted by Gasteiger charge is 2.73. The highest BCUT2D eigenvalue weighted by Crippen LogP contribution is 2.69. The number of rotatable bonds is 8. The third-order valence-corrected chi connectivity index (χ3v) is 6.43. The lowest BCUT2D eigenvalue weighted by molar-refractivity contribution is -0.208. The fraction of sp³-hybridized carbons (Fsp3) is 0.409. The summed E-state index contributed by atoms with van der Waals surface area (Å²) in [7, 11) is 0. The maximum absolute atomic E-state index is 13.7. The second-order valence-corrected chi connectivity index (χ2v) is 8.97. The Morgan fingerprint density at radius 3 is 2.58 bits per heavy atom. The van der Waals surface area contributed by atoms with Gasteiger partial charge in [-0.05, 0) is 56.9 Å². The van der Waals surface area contributed by atoms with Crippen LogP contribution in [0.15, 0.2) is 30.5 Å². The monoisotopic (exact) mass is 447 g/mol. The number of carbonyl (C=O) groups is 2. The van der Waals surface area contributed by atoms with Crippen molar-refractivity contribution in [2.45, 2.75) is 44.8 Å². The summed E-state index contributed by atoms with van der Waals surface area (Å²) in [6, 6.07) is 5.81. The van der Waals surface area contributed by atoms with E-state index < -0.39 is 23.2 Å². The van der Waals surface area contributed by atoms with Crippen molar-refractivity contribution in [1.29, 1.82) is 0 Å². The van der Waals surface area contributed by atoms with Gasteiger partial charge in [0.2, 0.25) is 0 Å². The molecule has 2 bridgehead atoms. The molecule has 5 rings (SSSR count). The van der Waals surface area contributed by atoms with Crippen LogP contribution in [-0.2, 0) is 9.59 Å². The minimum absolute atomic E-state index is 0.0334. The highest BCUT2D eigenvalue weighted by molar-refractivity contribution is 6.30. The third kappa shape index (κ3) is 4.04. The molecule has 1 heterocycles. The van der Waals surface area contributed by atoms with Crippen LogP contribution in [0, 0.1) is 25.1 Å². The Kier molecular flexibility index (Phi) is 5.29. The number of primary amides is 1. The van der Waals surface area contributed by atoms with Crippen molar-refractivity contribution in [1.82, 2.24) is 10.3 Å². The summed E-state index contributed by atoms with van der Waals surface area (Å²) < 4.78 is 24.9. The van der Waals surface area contributed by atoms with Gasteiger partial charge in [-0.25, -0.2) is 4.39 Å². The number of pyridine rings is 1. The first-order valence-corrected chi connectivity index (χ1v) is 10.3. The van der Waals surface area contributed by atoms with Crippen molar-refractivity contribution in [3.8, 4) is 11.5 Å². The smallest absolute Gasteiger partial charge is 0.259 e. The van der Waals surface area contributed by atoms with E-state index in [4.69, 9.17) is 26.8 Å². The SMILES string of the molecule is Cc1cc(OCC(=O)NC23CC(C(Oc4ccc(Cl)c(F)c4)C(N)=O)(C2)C3)cnc1C. The molecule has 2 amide bonds. The van der Waals surface area contributed by atoms with Gasteiger partial charge in [0.05, 0.1) is 11.2 Å². The third-order valence-electron chi connectivity index (χ3n) is 6.12. The van der Waals surface area contributed by atoms with E-state index in [0.29, 0.717) is 25.0 Å². The first-order chi connectivity index (χ1) is 14.6. The van der Waals surface area contributed by atoms with Gasteiger partial charge in [-0.2, -0.15) is 0 Å². The molecule has 3 aliphatic carbocycles. The summed E-state index contributed by atoms with van der Waals surface area (Å²) >= 11 is 5.69.